The standard InChI is InChI=1S/C22H32N6O2/c1-3-23-22(24-11-10-21(29)27-20-9-8-17(2)15-25-20)26-16-18(19-7-6-14-30-19)28-12-4-5-13-28/h6-9,14-15,18H,3-5,10-13,16H2,1-2H3,(H2,23,24,26)(H,25,27,29). The Bertz CT molecular complexity index is 798. The Hall–Kier alpha value is -2.87. The van der Waals surface area contributed by atoms with Gasteiger partial charge in [0.1, 0.15) is 11.6 Å². The Morgan fingerprint density at radius 3 is 2.77 bits per heavy atom. The summed E-state index contributed by atoms with van der Waals surface area (Å²) in [5.74, 6) is 2.13. The molecule has 162 valence electrons. The summed E-state index contributed by atoms with van der Waals surface area (Å²) in [5, 5.41) is 9.31. The zero-order valence-corrected chi connectivity index (χ0v) is 17.9. The van der Waals surface area contributed by atoms with Crippen molar-refractivity contribution in [3.63, 3.8) is 0 Å². The van der Waals surface area contributed by atoms with Crippen molar-refractivity contribution < 1.29 is 9.21 Å². The van der Waals surface area contributed by atoms with Crippen LogP contribution in [0.1, 0.15) is 43.6 Å². The van der Waals surface area contributed by atoms with Crippen LogP contribution in [0.2, 0.25) is 0 Å². The third-order valence-electron chi connectivity index (χ3n) is 5.04. The molecule has 1 aliphatic heterocycles. The summed E-state index contributed by atoms with van der Waals surface area (Å²) in [6.45, 7) is 7.96. The molecule has 8 heteroatoms. The number of hydrogen-bond acceptors (Lipinski definition) is 5. The van der Waals surface area contributed by atoms with Gasteiger partial charge in [-0.25, -0.2) is 4.98 Å². The molecule has 0 radical (unpaired) electrons. The number of amides is 1. The summed E-state index contributed by atoms with van der Waals surface area (Å²) < 4.78 is 5.67. The van der Waals surface area contributed by atoms with E-state index >= 15 is 0 Å². The van der Waals surface area contributed by atoms with Gasteiger partial charge in [0, 0.05) is 25.7 Å². The van der Waals surface area contributed by atoms with Gasteiger partial charge in [-0.15, -0.1) is 0 Å². The van der Waals surface area contributed by atoms with Crippen LogP contribution in [0, 0.1) is 6.92 Å². The molecule has 1 atom stereocenters. The summed E-state index contributed by atoms with van der Waals surface area (Å²) >= 11 is 0. The van der Waals surface area contributed by atoms with Gasteiger partial charge in [0.25, 0.3) is 0 Å². The number of pyridine rings is 1. The topological polar surface area (TPSA) is 94.8 Å². The number of nitrogens with zero attached hydrogens (tertiary/aromatic N) is 3. The van der Waals surface area contributed by atoms with E-state index in [9.17, 15) is 4.79 Å². The van der Waals surface area contributed by atoms with Crippen molar-refractivity contribution in [2.24, 2.45) is 4.99 Å². The number of aryl methyl sites for hydroxylation is 1. The number of guanidine groups is 1. The molecule has 1 unspecified atom stereocenters. The van der Waals surface area contributed by atoms with Crippen molar-refractivity contribution in [3.8, 4) is 0 Å². The highest BCUT2D eigenvalue weighted by Gasteiger charge is 2.25. The van der Waals surface area contributed by atoms with Gasteiger partial charge in [0.2, 0.25) is 5.91 Å². The largest absolute Gasteiger partial charge is 0.468 e. The number of nitrogens with one attached hydrogen (secondary N) is 3. The average Bonchev–Trinajstić information content (AvgIpc) is 3.45. The van der Waals surface area contributed by atoms with E-state index in [-0.39, 0.29) is 11.9 Å². The number of rotatable bonds is 9. The van der Waals surface area contributed by atoms with Crippen molar-refractivity contribution in [1.29, 1.82) is 0 Å². The van der Waals surface area contributed by atoms with Crippen LogP contribution in [0.4, 0.5) is 5.82 Å². The van der Waals surface area contributed by atoms with Gasteiger partial charge in [0.15, 0.2) is 5.96 Å². The van der Waals surface area contributed by atoms with E-state index in [4.69, 9.17) is 9.41 Å². The average molecular weight is 413 g/mol. The third kappa shape index (κ3) is 6.59. The SMILES string of the molecule is CCNC(=NCC(c1ccco1)N1CCCC1)NCCC(=O)Nc1ccc(C)cn1. The number of aliphatic imine (C=N–C) groups is 1. The summed E-state index contributed by atoms with van der Waals surface area (Å²) in [6.07, 6.45) is 6.20. The fourth-order valence-electron chi connectivity index (χ4n) is 3.48. The van der Waals surface area contributed by atoms with Crippen LogP contribution in [0.5, 0.6) is 0 Å². The fourth-order valence-corrected chi connectivity index (χ4v) is 3.48. The summed E-state index contributed by atoms with van der Waals surface area (Å²) in [7, 11) is 0. The molecular weight excluding hydrogens is 380 g/mol. The van der Waals surface area contributed by atoms with Crippen molar-refractivity contribution in [3.05, 3.63) is 48.0 Å². The molecule has 0 aliphatic carbocycles. The first kappa shape index (κ1) is 21.8. The molecule has 0 spiro atoms. The van der Waals surface area contributed by atoms with Crippen LogP contribution < -0.4 is 16.0 Å². The van der Waals surface area contributed by atoms with Crippen molar-refractivity contribution >= 4 is 17.7 Å². The van der Waals surface area contributed by atoms with Gasteiger partial charge in [0.05, 0.1) is 18.8 Å². The number of carbonyl (C=O) groups excluding carboxylic acids is 1. The van der Waals surface area contributed by atoms with E-state index < -0.39 is 0 Å². The predicted molar refractivity (Wildman–Crippen MR) is 118 cm³/mol. The van der Waals surface area contributed by atoms with Crippen LogP contribution in [-0.2, 0) is 4.79 Å². The minimum absolute atomic E-state index is 0.0831. The van der Waals surface area contributed by atoms with Crippen molar-refractivity contribution in [2.45, 2.75) is 39.2 Å². The number of furan rings is 1. The normalized spacial score (nSPS) is 15.7. The van der Waals surface area contributed by atoms with Gasteiger partial charge in [-0.1, -0.05) is 6.07 Å². The lowest BCUT2D eigenvalue weighted by atomic mass is 10.2. The van der Waals surface area contributed by atoms with Gasteiger partial charge in [-0.2, -0.15) is 0 Å². The Kier molecular flexibility index (Phi) is 8.26. The summed E-state index contributed by atoms with van der Waals surface area (Å²) in [6, 6.07) is 7.80. The first-order valence-corrected chi connectivity index (χ1v) is 10.7. The van der Waals surface area contributed by atoms with E-state index in [1.54, 1.807) is 18.5 Å². The van der Waals surface area contributed by atoms with E-state index in [0.717, 1.165) is 31.0 Å². The van der Waals surface area contributed by atoms with Crippen LogP contribution in [0.25, 0.3) is 0 Å². The highest BCUT2D eigenvalue weighted by molar-refractivity contribution is 5.90. The van der Waals surface area contributed by atoms with Gasteiger partial charge < -0.3 is 20.4 Å². The maximum atomic E-state index is 12.2. The zero-order chi connectivity index (χ0) is 21.2. The zero-order valence-electron chi connectivity index (χ0n) is 17.9. The summed E-state index contributed by atoms with van der Waals surface area (Å²) in [5.41, 5.74) is 1.06. The van der Waals surface area contributed by atoms with Gasteiger partial charge in [-0.3, -0.25) is 14.7 Å². The lowest BCUT2D eigenvalue weighted by molar-refractivity contribution is -0.116. The molecule has 2 aromatic rings. The molecule has 1 amide bonds. The molecule has 0 aromatic carbocycles. The smallest absolute Gasteiger partial charge is 0.227 e. The molecule has 2 aromatic heterocycles. The van der Waals surface area contributed by atoms with Gasteiger partial charge >= 0.3 is 0 Å². The second-order valence-corrected chi connectivity index (χ2v) is 7.44. The third-order valence-corrected chi connectivity index (χ3v) is 5.04. The number of likely N-dealkylation sites (tertiary alicyclic amines) is 1. The molecule has 8 nitrogen and oxygen atoms in total. The van der Waals surface area contributed by atoms with Crippen LogP contribution in [0.3, 0.4) is 0 Å². The number of anilines is 1. The minimum atomic E-state index is -0.0831. The minimum Gasteiger partial charge on any atom is -0.468 e. The van der Waals surface area contributed by atoms with Crippen LogP contribution in [0.15, 0.2) is 46.1 Å². The first-order valence-electron chi connectivity index (χ1n) is 10.7. The maximum absolute atomic E-state index is 12.2. The van der Waals surface area contributed by atoms with Crippen molar-refractivity contribution in [1.82, 2.24) is 20.5 Å². The molecule has 1 aliphatic rings. The molecule has 3 N–H and O–H groups in total. The number of carbonyl (C=O) groups is 1. The predicted octanol–water partition coefficient (Wildman–Crippen LogP) is 2.70. The second-order valence-electron chi connectivity index (χ2n) is 7.44. The Labute approximate surface area is 178 Å². The second kappa shape index (κ2) is 11.3. The molecule has 3 rings (SSSR count). The molecule has 1 saturated heterocycles. The van der Waals surface area contributed by atoms with Crippen LogP contribution in [-0.4, -0.2) is 54.5 Å². The Morgan fingerprint density at radius 1 is 1.27 bits per heavy atom. The molecule has 1 fully saturated rings. The molecular formula is C22H32N6O2. The van der Waals surface area contributed by atoms with E-state index in [2.05, 4.69) is 25.8 Å². The number of hydrogen-bond donors (Lipinski definition) is 3. The first-order chi connectivity index (χ1) is 14.7. The fraction of sp³-hybridized carbons (Fsp3) is 0.500. The maximum Gasteiger partial charge on any atom is 0.227 e. The number of aromatic nitrogens is 1. The monoisotopic (exact) mass is 412 g/mol. The lowest BCUT2D eigenvalue weighted by Gasteiger charge is -2.24. The molecule has 30 heavy (non-hydrogen) atoms. The van der Waals surface area contributed by atoms with Crippen molar-refractivity contribution in [2.75, 3.05) is 38.0 Å². The molecule has 0 saturated carbocycles. The van der Waals surface area contributed by atoms with Gasteiger partial charge in [-0.05, 0) is 63.5 Å². The van der Waals surface area contributed by atoms with E-state index in [1.165, 1.54) is 12.8 Å². The van der Waals surface area contributed by atoms with E-state index in [1.807, 2.05) is 32.0 Å². The quantitative estimate of drug-likeness (QED) is 0.433. The Balaban J connectivity index is 1.51. The lowest BCUT2D eigenvalue weighted by Crippen LogP contribution is -2.39. The highest BCUT2D eigenvalue weighted by atomic mass is 16.3. The highest BCUT2D eigenvalue weighted by Crippen LogP contribution is 2.25. The molecule has 0 bridgehead atoms. The Morgan fingerprint density at radius 2 is 2.10 bits per heavy atom. The van der Waals surface area contributed by atoms with Crippen LogP contribution >= 0.6 is 0 Å². The molecule has 3 heterocycles. The summed E-state index contributed by atoms with van der Waals surface area (Å²) in [4.78, 5) is 23.5. The van der Waals surface area contributed by atoms with E-state index in [0.29, 0.717) is 31.3 Å².